The summed E-state index contributed by atoms with van der Waals surface area (Å²) in [4.78, 5) is 0. The van der Waals surface area contributed by atoms with Crippen LogP contribution in [0.25, 0.3) is 6.08 Å². The molecule has 6 aliphatic rings. The topological polar surface area (TPSA) is 0 Å². The molecule has 2 unspecified atom stereocenters. The lowest BCUT2D eigenvalue weighted by atomic mass is 9.41. The molecule has 27 heavy (non-hydrogen) atoms. The van der Waals surface area contributed by atoms with Gasteiger partial charge in [-0.1, -0.05) is 51.5 Å². The third-order valence-electron chi connectivity index (χ3n) is 9.58. The molecule has 0 N–H and O–H groups in total. The summed E-state index contributed by atoms with van der Waals surface area (Å²) in [7, 11) is 0. The first kappa shape index (κ1) is 16.9. The third-order valence-corrected chi connectivity index (χ3v) is 9.58. The molecule has 0 nitrogen and oxygen atoms in total. The Morgan fingerprint density at radius 1 is 1.00 bits per heavy atom. The van der Waals surface area contributed by atoms with Crippen molar-refractivity contribution in [1.29, 1.82) is 0 Å². The summed E-state index contributed by atoms with van der Waals surface area (Å²) < 4.78 is 0. The third kappa shape index (κ3) is 2.11. The summed E-state index contributed by atoms with van der Waals surface area (Å²) in [6.45, 7) is 9.56. The van der Waals surface area contributed by atoms with Crippen LogP contribution in [0.3, 0.4) is 0 Å². The zero-order chi connectivity index (χ0) is 18.6. The zero-order valence-corrected chi connectivity index (χ0v) is 17.8. The minimum Gasteiger partial charge on any atom is -0.0655 e. The van der Waals surface area contributed by atoms with E-state index >= 15 is 0 Å². The van der Waals surface area contributed by atoms with Crippen molar-refractivity contribution in [1.82, 2.24) is 0 Å². The van der Waals surface area contributed by atoms with Crippen LogP contribution in [0.4, 0.5) is 0 Å². The van der Waals surface area contributed by atoms with E-state index in [9.17, 15) is 0 Å². The summed E-state index contributed by atoms with van der Waals surface area (Å²) in [5.74, 6) is 3.11. The molecule has 0 amide bonds. The number of fused-ring (bicyclic) bond motifs is 1. The van der Waals surface area contributed by atoms with E-state index in [-0.39, 0.29) is 5.41 Å². The van der Waals surface area contributed by atoms with Crippen molar-refractivity contribution >= 4 is 6.08 Å². The molecule has 5 fully saturated rings. The lowest BCUT2D eigenvalue weighted by Crippen LogP contribution is -2.57. The van der Waals surface area contributed by atoms with Crippen molar-refractivity contribution in [2.75, 3.05) is 0 Å². The van der Waals surface area contributed by atoms with Gasteiger partial charge in [0, 0.05) is 5.41 Å². The summed E-state index contributed by atoms with van der Waals surface area (Å²) in [6.07, 6.45) is 15.8. The van der Waals surface area contributed by atoms with Gasteiger partial charge < -0.3 is 0 Å². The normalized spacial score (nSPS) is 37.6. The minimum atomic E-state index is 0.242. The Morgan fingerprint density at radius 2 is 1.70 bits per heavy atom. The Balaban J connectivity index is 1.57. The summed E-state index contributed by atoms with van der Waals surface area (Å²) in [6, 6.07) is 5.26. The predicted molar refractivity (Wildman–Crippen MR) is 114 cm³/mol. The standard InChI is InChI=1S/C27H36/c1-5-17-9-20-13-21(25(2,3)4)14-24(23(20)12-17)27-15-18-8-19(16-27)11-22(10-18)26(27)6-7-26/h9,13-14,18-19,22H,5-8,10-12,15-16H2,1-4H3. The van der Waals surface area contributed by atoms with E-state index in [4.69, 9.17) is 0 Å². The van der Waals surface area contributed by atoms with Gasteiger partial charge in [-0.2, -0.15) is 0 Å². The zero-order valence-electron chi connectivity index (χ0n) is 17.8. The monoisotopic (exact) mass is 360 g/mol. The van der Waals surface area contributed by atoms with E-state index in [0.717, 1.165) is 17.8 Å². The average Bonchev–Trinajstić information content (AvgIpc) is 3.30. The lowest BCUT2D eigenvalue weighted by molar-refractivity contribution is -0.0778. The van der Waals surface area contributed by atoms with Crippen molar-refractivity contribution in [2.45, 2.75) is 96.3 Å². The number of hydrogen-bond donors (Lipinski definition) is 0. The van der Waals surface area contributed by atoms with Crippen molar-refractivity contribution in [3.05, 3.63) is 40.0 Å². The SMILES string of the molecule is CCC1=Cc2cc(C(C)(C)C)cc(C34CC5CC(CC(C5)C35CC5)C4)c2C1. The van der Waals surface area contributed by atoms with Gasteiger partial charge in [0.15, 0.2) is 0 Å². The molecule has 7 rings (SSSR count). The second-order valence-corrected chi connectivity index (χ2v) is 12.0. The molecule has 0 heteroatoms. The molecule has 1 aromatic carbocycles. The van der Waals surface area contributed by atoms with Crippen LogP contribution >= 0.6 is 0 Å². The molecule has 6 aliphatic carbocycles. The smallest absolute Gasteiger partial charge is 0.00205 e. The first-order valence-electron chi connectivity index (χ1n) is 11.7. The fourth-order valence-corrected chi connectivity index (χ4v) is 8.33. The van der Waals surface area contributed by atoms with Crippen LogP contribution < -0.4 is 0 Å². The van der Waals surface area contributed by atoms with Gasteiger partial charge in [0.25, 0.3) is 0 Å². The predicted octanol–water partition coefficient (Wildman–Crippen LogP) is 7.19. The van der Waals surface area contributed by atoms with Crippen LogP contribution in [-0.4, -0.2) is 0 Å². The molecule has 5 saturated carbocycles. The number of benzene rings is 1. The minimum absolute atomic E-state index is 0.242. The lowest BCUT2D eigenvalue weighted by Gasteiger charge is -2.63. The number of allylic oxidation sites excluding steroid dienone is 1. The maximum atomic E-state index is 2.72. The quantitative estimate of drug-likeness (QED) is 0.523. The highest BCUT2D eigenvalue weighted by Crippen LogP contribution is 2.78. The highest BCUT2D eigenvalue weighted by molar-refractivity contribution is 5.68. The molecule has 144 valence electrons. The van der Waals surface area contributed by atoms with E-state index in [1.165, 1.54) is 38.5 Å². The van der Waals surface area contributed by atoms with Crippen LogP contribution in [0.5, 0.6) is 0 Å². The van der Waals surface area contributed by atoms with Gasteiger partial charge in [0.05, 0.1) is 0 Å². The van der Waals surface area contributed by atoms with Crippen LogP contribution in [0.2, 0.25) is 0 Å². The average molecular weight is 361 g/mol. The Labute approximate surface area is 165 Å². The summed E-state index contributed by atoms with van der Waals surface area (Å²) in [5.41, 5.74) is 9.87. The maximum Gasteiger partial charge on any atom is 0.00205 e. The van der Waals surface area contributed by atoms with Crippen LogP contribution in [0.1, 0.15) is 101 Å². The van der Waals surface area contributed by atoms with E-state index < -0.39 is 0 Å². The van der Waals surface area contributed by atoms with E-state index in [1.807, 2.05) is 5.56 Å². The first-order chi connectivity index (χ1) is 12.8. The molecule has 0 aliphatic heterocycles. The van der Waals surface area contributed by atoms with Gasteiger partial charge in [0.1, 0.15) is 0 Å². The molecule has 4 bridgehead atoms. The van der Waals surface area contributed by atoms with Gasteiger partial charge >= 0.3 is 0 Å². The van der Waals surface area contributed by atoms with Crippen molar-refractivity contribution in [3.8, 4) is 0 Å². The van der Waals surface area contributed by atoms with Crippen molar-refractivity contribution in [3.63, 3.8) is 0 Å². The van der Waals surface area contributed by atoms with Gasteiger partial charge in [0.2, 0.25) is 0 Å². The molecule has 1 aromatic rings. The fraction of sp³-hybridized carbons (Fsp3) is 0.704. The molecule has 0 heterocycles. The second kappa shape index (κ2) is 5.11. The van der Waals surface area contributed by atoms with Gasteiger partial charge in [-0.3, -0.25) is 0 Å². The van der Waals surface area contributed by atoms with Crippen LogP contribution in [0, 0.1) is 23.2 Å². The largest absolute Gasteiger partial charge is 0.0655 e. The maximum absolute atomic E-state index is 2.72. The van der Waals surface area contributed by atoms with Crippen molar-refractivity contribution < 1.29 is 0 Å². The van der Waals surface area contributed by atoms with Crippen LogP contribution in [0.15, 0.2) is 17.7 Å². The molecule has 0 aromatic heterocycles. The Morgan fingerprint density at radius 3 is 2.30 bits per heavy atom. The Hall–Kier alpha value is -1.04. The molecule has 0 saturated heterocycles. The number of hydrogen-bond acceptors (Lipinski definition) is 0. The van der Waals surface area contributed by atoms with Crippen molar-refractivity contribution in [2.24, 2.45) is 23.2 Å². The number of rotatable bonds is 2. The van der Waals surface area contributed by atoms with E-state index in [0.29, 0.717) is 10.8 Å². The van der Waals surface area contributed by atoms with Crippen LogP contribution in [-0.2, 0) is 17.3 Å². The first-order valence-corrected chi connectivity index (χ1v) is 11.7. The summed E-state index contributed by atoms with van der Waals surface area (Å²) in [5, 5.41) is 0. The second-order valence-electron chi connectivity index (χ2n) is 12.0. The van der Waals surface area contributed by atoms with Gasteiger partial charge in [-0.15, -0.1) is 0 Å². The fourth-order valence-electron chi connectivity index (χ4n) is 8.33. The molecular weight excluding hydrogens is 324 g/mol. The summed E-state index contributed by atoms with van der Waals surface area (Å²) >= 11 is 0. The molecule has 2 atom stereocenters. The van der Waals surface area contributed by atoms with Gasteiger partial charge in [-0.25, -0.2) is 0 Å². The Kier molecular flexibility index (Phi) is 3.19. The van der Waals surface area contributed by atoms with Gasteiger partial charge in [-0.05, 0) is 109 Å². The molecule has 0 radical (unpaired) electrons. The molecule has 1 spiro atoms. The van der Waals surface area contributed by atoms with E-state index in [2.05, 4.69) is 45.9 Å². The highest BCUT2D eigenvalue weighted by Gasteiger charge is 2.70. The molecular formula is C27H36. The van der Waals surface area contributed by atoms with E-state index in [1.54, 1.807) is 41.5 Å². The Bertz CT molecular complexity index is 828. The highest BCUT2D eigenvalue weighted by atomic mass is 14.7.